The van der Waals surface area contributed by atoms with Crippen LogP contribution in [0.4, 0.5) is 0 Å². The molecule has 0 unspecified atom stereocenters. The molecule has 0 aromatic carbocycles. The minimum Gasteiger partial charge on any atom is -0.462 e. The van der Waals surface area contributed by atoms with E-state index in [-0.39, 0.29) is 12.1 Å². The standard InChI is InChI=1S/C11H20O3/c1-9(2)13-7-5-10(3)6-8-14-11(4)12/h6,9H,5,7-8H2,1-4H3/b10-6+. The number of hydrogen-bond donors (Lipinski definition) is 0. The maximum absolute atomic E-state index is 10.5. The van der Waals surface area contributed by atoms with Crippen molar-refractivity contribution in [3.05, 3.63) is 11.6 Å². The Kier molecular flexibility index (Phi) is 7.11. The molecule has 14 heavy (non-hydrogen) atoms. The van der Waals surface area contributed by atoms with Gasteiger partial charge < -0.3 is 9.47 Å². The number of esters is 1. The first kappa shape index (κ1) is 13.2. The molecule has 3 nitrogen and oxygen atoms in total. The predicted molar refractivity (Wildman–Crippen MR) is 56.1 cm³/mol. The van der Waals surface area contributed by atoms with Crippen molar-refractivity contribution in [1.82, 2.24) is 0 Å². The van der Waals surface area contributed by atoms with E-state index in [0.29, 0.717) is 6.61 Å². The second-order valence-electron chi connectivity index (χ2n) is 3.52. The molecular formula is C11H20O3. The molecule has 0 N–H and O–H groups in total. The summed E-state index contributed by atoms with van der Waals surface area (Å²) >= 11 is 0. The first-order valence-corrected chi connectivity index (χ1v) is 4.93. The van der Waals surface area contributed by atoms with Gasteiger partial charge in [-0.1, -0.05) is 5.57 Å². The molecule has 0 saturated carbocycles. The zero-order valence-corrected chi connectivity index (χ0v) is 9.50. The summed E-state index contributed by atoms with van der Waals surface area (Å²) in [7, 11) is 0. The molecule has 0 bridgehead atoms. The lowest BCUT2D eigenvalue weighted by Gasteiger charge is -2.07. The first-order valence-electron chi connectivity index (χ1n) is 4.93. The second kappa shape index (κ2) is 7.56. The molecule has 0 fully saturated rings. The second-order valence-corrected chi connectivity index (χ2v) is 3.52. The van der Waals surface area contributed by atoms with E-state index in [1.54, 1.807) is 0 Å². The zero-order chi connectivity index (χ0) is 11.0. The van der Waals surface area contributed by atoms with E-state index < -0.39 is 0 Å². The maximum Gasteiger partial charge on any atom is 0.302 e. The molecule has 0 amide bonds. The van der Waals surface area contributed by atoms with Crippen molar-refractivity contribution in [1.29, 1.82) is 0 Å². The fraction of sp³-hybridized carbons (Fsp3) is 0.727. The van der Waals surface area contributed by atoms with Gasteiger partial charge in [0.2, 0.25) is 0 Å². The van der Waals surface area contributed by atoms with E-state index >= 15 is 0 Å². The Morgan fingerprint density at radius 3 is 2.50 bits per heavy atom. The van der Waals surface area contributed by atoms with Crippen LogP contribution in [0.2, 0.25) is 0 Å². The lowest BCUT2D eigenvalue weighted by Crippen LogP contribution is -2.04. The summed E-state index contributed by atoms with van der Waals surface area (Å²) < 4.78 is 10.2. The van der Waals surface area contributed by atoms with Crippen LogP contribution in [-0.2, 0) is 14.3 Å². The predicted octanol–water partition coefficient (Wildman–Crippen LogP) is 2.31. The first-order chi connectivity index (χ1) is 6.52. The molecule has 82 valence electrons. The van der Waals surface area contributed by atoms with Gasteiger partial charge in [-0.15, -0.1) is 0 Å². The molecule has 0 atom stereocenters. The average Bonchev–Trinajstić information content (AvgIpc) is 2.02. The van der Waals surface area contributed by atoms with Crippen LogP contribution >= 0.6 is 0 Å². The molecule has 0 aliphatic heterocycles. The van der Waals surface area contributed by atoms with E-state index in [9.17, 15) is 4.79 Å². The summed E-state index contributed by atoms with van der Waals surface area (Å²) in [5.41, 5.74) is 1.19. The number of rotatable bonds is 6. The van der Waals surface area contributed by atoms with Crippen LogP contribution in [0.25, 0.3) is 0 Å². The average molecular weight is 200 g/mol. The van der Waals surface area contributed by atoms with E-state index in [0.717, 1.165) is 13.0 Å². The third-order valence-corrected chi connectivity index (χ3v) is 1.67. The van der Waals surface area contributed by atoms with Crippen molar-refractivity contribution < 1.29 is 14.3 Å². The van der Waals surface area contributed by atoms with Gasteiger partial charge in [0.05, 0.1) is 12.7 Å². The Balaban J connectivity index is 3.51. The molecular weight excluding hydrogens is 180 g/mol. The minimum atomic E-state index is -0.243. The number of carbonyl (C=O) groups excluding carboxylic acids is 1. The molecule has 0 aliphatic carbocycles. The van der Waals surface area contributed by atoms with Crippen LogP contribution < -0.4 is 0 Å². The zero-order valence-electron chi connectivity index (χ0n) is 9.50. The SMILES string of the molecule is CC(=O)OC/C=C(\C)CCOC(C)C. The fourth-order valence-electron chi connectivity index (χ4n) is 0.859. The van der Waals surface area contributed by atoms with E-state index in [1.165, 1.54) is 12.5 Å². The van der Waals surface area contributed by atoms with Crippen LogP contribution in [0.3, 0.4) is 0 Å². The Morgan fingerprint density at radius 2 is 2.00 bits per heavy atom. The molecule has 0 saturated heterocycles. The van der Waals surface area contributed by atoms with Crippen LogP contribution in [-0.4, -0.2) is 25.3 Å². The van der Waals surface area contributed by atoms with Crippen molar-refractivity contribution in [3.63, 3.8) is 0 Å². The van der Waals surface area contributed by atoms with Gasteiger partial charge in [-0.2, -0.15) is 0 Å². The van der Waals surface area contributed by atoms with Gasteiger partial charge in [0.1, 0.15) is 6.61 Å². The highest BCUT2D eigenvalue weighted by Gasteiger charge is 1.95. The van der Waals surface area contributed by atoms with Crippen molar-refractivity contribution in [2.75, 3.05) is 13.2 Å². The highest BCUT2D eigenvalue weighted by atomic mass is 16.5. The monoisotopic (exact) mass is 200 g/mol. The molecule has 0 spiro atoms. The van der Waals surface area contributed by atoms with Crippen LogP contribution in [0.5, 0.6) is 0 Å². The normalized spacial score (nSPS) is 11.9. The molecule has 0 rings (SSSR count). The summed E-state index contributed by atoms with van der Waals surface area (Å²) in [6.07, 6.45) is 3.07. The van der Waals surface area contributed by atoms with E-state index in [4.69, 9.17) is 9.47 Å². The maximum atomic E-state index is 10.5. The minimum absolute atomic E-state index is 0.243. The molecule has 0 aromatic rings. The summed E-state index contributed by atoms with van der Waals surface area (Å²) in [5.74, 6) is -0.243. The van der Waals surface area contributed by atoms with E-state index in [1.807, 2.05) is 26.8 Å². The van der Waals surface area contributed by atoms with Gasteiger partial charge in [0.25, 0.3) is 0 Å². The molecule has 3 heteroatoms. The molecule has 0 heterocycles. The Labute approximate surface area is 86.1 Å². The van der Waals surface area contributed by atoms with Gasteiger partial charge in [0.15, 0.2) is 0 Å². The van der Waals surface area contributed by atoms with Gasteiger partial charge in [-0.25, -0.2) is 0 Å². The number of ether oxygens (including phenoxy) is 2. The number of carbonyl (C=O) groups is 1. The van der Waals surface area contributed by atoms with Gasteiger partial charge in [-0.3, -0.25) is 4.79 Å². The summed E-state index contributed by atoms with van der Waals surface area (Å²) in [5, 5.41) is 0. The smallest absolute Gasteiger partial charge is 0.302 e. The quantitative estimate of drug-likeness (QED) is 0.487. The largest absolute Gasteiger partial charge is 0.462 e. The Morgan fingerprint density at radius 1 is 1.36 bits per heavy atom. The van der Waals surface area contributed by atoms with Gasteiger partial charge >= 0.3 is 5.97 Å². The van der Waals surface area contributed by atoms with Crippen LogP contribution in [0.1, 0.15) is 34.1 Å². The molecule has 0 aliphatic rings. The summed E-state index contributed by atoms with van der Waals surface area (Å²) in [6, 6.07) is 0. The summed E-state index contributed by atoms with van der Waals surface area (Å²) in [6.45, 7) is 8.52. The van der Waals surface area contributed by atoms with Crippen LogP contribution in [0, 0.1) is 0 Å². The van der Waals surface area contributed by atoms with Crippen molar-refractivity contribution in [2.45, 2.75) is 40.2 Å². The molecule has 0 aromatic heterocycles. The van der Waals surface area contributed by atoms with Crippen molar-refractivity contribution in [2.24, 2.45) is 0 Å². The Hall–Kier alpha value is -0.830. The third-order valence-electron chi connectivity index (χ3n) is 1.67. The third kappa shape index (κ3) is 9.26. The topological polar surface area (TPSA) is 35.5 Å². The van der Waals surface area contributed by atoms with Gasteiger partial charge in [0, 0.05) is 6.92 Å². The van der Waals surface area contributed by atoms with E-state index in [2.05, 4.69) is 0 Å². The lowest BCUT2D eigenvalue weighted by atomic mass is 10.2. The summed E-state index contributed by atoms with van der Waals surface area (Å²) in [4.78, 5) is 10.5. The van der Waals surface area contributed by atoms with Gasteiger partial charge in [-0.05, 0) is 33.3 Å². The fourth-order valence-corrected chi connectivity index (χ4v) is 0.859. The van der Waals surface area contributed by atoms with Crippen molar-refractivity contribution in [3.8, 4) is 0 Å². The van der Waals surface area contributed by atoms with Crippen LogP contribution in [0.15, 0.2) is 11.6 Å². The van der Waals surface area contributed by atoms with Crippen molar-refractivity contribution >= 4 is 5.97 Å². The molecule has 0 radical (unpaired) electrons. The highest BCUT2D eigenvalue weighted by Crippen LogP contribution is 2.01. The Bertz CT molecular complexity index is 195. The lowest BCUT2D eigenvalue weighted by molar-refractivity contribution is -0.139. The number of hydrogen-bond acceptors (Lipinski definition) is 3. The highest BCUT2D eigenvalue weighted by molar-refractivity contribution is 5.66.